The molecule has 17 heavy (non-hydrogen) atoms. The van der Waals surface area contributed by atoms with Crippen LogP contribution in [-0.4, -0.2) is 22.5 Å². The van der Waals surface area contributed by atoms with Crippen molar-refractivity contribution in [3.05, 3.63) is 0 Å². The van der Waals surface area contributed by atoms with Gasteiger partial charge in [0.05, 0.1) is 11.8 Å². The highest BCUT2D eigenvalue weighted by molar-refractivity contribution is 5.92. The van der Waals surface area contributed by atoms with E-state index in [0.29, 0.717) is 0 Å². The number of nitrogens with one attached hydrogen (secondary N) is 1. The van der Waals surface area contributed by atoms with Gasteiger partial charge in [-0.1, -0.05) is 27.7 Å². The molecular weight excluding hydrogens is 218 g/mol. The lowest BCUT2D eigenvalue weighted by Gasteiger charge is -2.28. The largest absolute Gasteiger partial charge is 0.481 e. The second kappa shape index (κ2) is 4.31. The molecule has 0 aromatic heterocycles. The van der Waals surface area contributed by atoms with Gasteiger partial charge in [-0.15, -0.1) is 0 Å². The maximum absolute atomic E-state index is 12.1. The lowest BCUT2D eigenvalue weighted by Crippen LogP contribution is -2.46. The Labute approximate surface area is 103 Å². The van der Waals surface area contributed by atoms with Crippen molar-refractivity contribution in [1.82, 2.24) is 5.32 Å². The molecule has 0 aliphatic heterocycles. The van der Waals surface area contributed by atoms with Crippen molar-refractivity contribution in [1.29, 1.82) is 0 Å². The summed E-state index contributed by atoms with van der Waals surface area (Å²) in [5.41, 5.74) is -0.642. The van der Waals surface area contributed by atoms with Gasteiger partial charge in [-0.25, -0.2) is 0 Å². The number of carboxylic acids is 1. The Morgan fingerprint density at radius 3 is 2.00 bits per heavy atom. The summed E-state index contributed by atoms with van der Waals surface area (Å²) in [6.07, 6.45) is 1.69. The summed E-state index contributed by atoms with van der Waals surface area (Å²) in [4.78, 5) is 23.1. The number of carbonyl (C=O) groups excluding carboxylic acids is 1. The molecule has 1 saturated carbocycles. The Morgan fingerprint density at radius 2 is 1.71 bits per heavy atom. The third kappa shape index (κ3) is 2.45. The van der Waals surface area contributed by atoms with Crippen molar-refractivity contribution in [2.75, 3.05) is 0 Å². The molecule has 2 N–H and O–H groups in total. The lowest BCUT2D eigenvalue weighted by molar-refractivity contribution is -0.140. The Hall–Kier alpha value is -1.06. The molecule has 4 nitrogen and oxygen atoms in total. The Morgan fingerprint density at radius 1 is 1.24 bits per heavy atom. The van der Waals surface area contributed by atoms with Gasteiger partial charge in [-0.05, 0) is 25.2 Å². The van der Waals surface area contributed by atoms with Gasteiger partial charge in [0.25, 0.3) is 0 Å². The van der Waals surface area contributed by atoms with Gasteiger partial charge in [-0.3, -0.25) is 9.59 Å². The minimum absolute atomic E-state index is 0.117. The van der Waals surface area contributed by atoms with Crippen molar-refractivity contribution in [2.45, 2.75) is 53.0 Å². The van der Waals surface area contributed by atoms with Crippen LogP contribution in [0.15, 0.2) is 0 Å². The number of hydrogen-bond acceptors (Lipinski definition) is 2. The van der Waals surface area contributed by atoms with Crippen molar-refractivity contribution < 1.29 is 14.7 Å². The van der Waals surface area contributed by atoms with Gasteiger partial charge < -0.3 is 10.4 Å². The summed E-state index contributed by atoms with van der Waals surface area (Å²) >= 11 is 0. The zero-order chi connectivity index (χ0) is 13.4. The second-order valence-corrected chi connectivity index (χ2v) is 5.87. The van der Waals surface area contributed by atoms with E-state index in [2.05, 4.69) is 5.32 Å². The Kier molecular flexibility index (Phi) is 3.55. The molecule has 0 aromatic rings. The minimum Gasteiger partial charge on any atom is -0.481 e. The quantitative estimate of drug-likeness (QED) is 0.774. The summed E-state index contributed by atoms with van der Waals surface area (Å²) in [5.74, 6) is -1.92. The van der Waals surface area contributed by atoms with E-state index in [-0.39, 0.29) is 11.4 Å². The number of rotatable bonds is 5. The molecule has 0 heterocycles. The Balaban J connectivity index is 2.71. The third-order valence-electron chi connectivity index (χ3n) is 4.36. The van der Waals surface area contributed by atoms with Crippen molar-refractivity contribution >= 4 is 11.9 Å². The van der Waals surface area contributed by atoms with Crippen LogP contribution in [0.2, 0.25) is 0 Å². The average molecular weight is 241 g/mol. The third-order valence-corrected chi connectivity index (χ3v) is 4.36. The van der Waals surface area contributed by atoms with Crippen LogP contribution in [-0.2, 0) is 9.59 Å². The number of carboxylic acid groups (broad SMARTS) is 1. The van der Waals surface area contributed by atoms with E-state index in [1.165, 1.54) is 0 Å². The molecule has 0 radical (unpaired) electrons. The predicted molar refractivity (Wildman–Crippen MR) is 65.5 cm³/mol. The molecule has 1 aliphatic carbocycles. The fraction of sp³-hybridized carbons (Fsp3) is 0.846. The van der Waals surface area contributed by atoms with Crippen LogP contribution in [0.5, 0.6) is 0 Å². The molecule has 0 spiro atoms. The van der Waals surface area contributed by atoms with E-state index >= 15 is 0 Å². The number of aliphatic carboxylic acids is 1. The van der Waals surface area contributed by atoms with Crippen LogP contribution in [0.1, 0.15) is 47.5 Å². The van der Waals surface area contributed by atoms with Gasteiger partial charge >= 0.3 is 5.97 Å². The summed E-state index contributed by atoms with van der Waals surface area (Å²) < 4.78 is 0. The molecule has 1 fully saturated rings. The van der Waals surface area contributed by atoms with Crippen molar-refractivity contribution in [3.8, 4) is 0 Å². The van der Waals surface area contributed by atoms with Crippen LogP contribution in [0.4, 0.5) is 0 Å². The minimum atomic E-state index is -0.871. The molecule has 0 unspecified atom stereocenters. The fourth-order valence-corrected chi connectivity index (χ4v) is 2.39. The zero-order valence-electron chi connectivity index (χ0n) is 11.3. The van der Waals surface area contributed by atoms with Gasteiger partial charge in [-0.2, -0.15) is 0 Å². The molecule has 1 rings (SSSR count). The molecule has 4 heteroatoms. The highest BCUT2D eigenvalue weighted by Gasteiger charge is 2.66. The zero-order valence-corrected chi connectivity index (χ0v) is 11.3. The van der Waals surface area contributed by atoms with Crippen molar-refractivity contribution in [3.63, 3.8) is 0 Å². The summed E-state index contributed by atoms with van der Waals surface area (Å²) in [5, 5.41) is 12.0. The molecular formula is C13H23NO3. The first-order valence-corrected chi connectivity index (χ1v) is 6.24. The van der Waals surface area contributed by atoms with Gasteiger partial charge in [0, 0.05) is 5.54 Å². The maximum atomic E-state index is 12.1. The maximum Gasteiger partial charge on any atom is 0.307 e. The number of carbonyl (C=O) groups is 2. The molecule has 98 valence electrons. The fourth-order valence-electron chi connectivity index (χ4n) is 2.39. The van der Waals surface area contributed by atoms with Crippen LogP contribution in [0.3, 0.4) is 0 Å². The van der Waals surface area contributed by atoms with E-state index in [1.807, 2.05) is 34.6 Å². The first-order chi connectivity index (χ1) is 7.69. The summed E-state index contributed by atoms with van der Waals surface area (Å²) in [6, 6.07) is 0. The molecule has 1 amide bonds. The smallest absolute Gasteiger partial charge is 0.307 e. The highest BCUT2D eigenvalue weighted by Crippen LogP contribution is 2.58. The standard InChI is InChI=1S/C13H23NO3/c1-6-13(5,7-2)14-10(15)8-9(11(16)17)12(8,3)4/h8-9H,6-7H2,1-5H3,(H,14,15)(H,16,17)/t8-,9+/m1/s1. The van der Waals surface area contributed by atoms with Crippen LogP contribution in [0, 0.1) is 17.3 Å². The van der Waals surface area contributed by atoms with E-state index < -0.39 is 23.2 Å². The molecule has 0 aromatic carbocycles. The first kappa shape index (κ1) is 14.0. The molecule has 0 saturated heterocycles. The van der Waals surface area contributed by atoms with E-state index in [4.69, 9.17) is 5.11 Å². The topological polar surface area (TPSA) is 66.4 Å². The van der Waals surface area contributed by atoms with Gasteiger partial charge in [0.2, 0.25) is 5.91 Å². The molecule has 2 atom stereocenters. The normalized spacial score (nSPS) is 26.4. The first-order valence-electron chi connectivity index (χ1n) is 6.24. The SMILES string of the molecule is CCC(C)(CC)NC(=O)[C@H]1[C@@H](C(=O)O)C1(C)C. The molecule has 0 bridgehead atoms. The van der Waals surface area contributed by atoms with Crippen molar-refractivity contribution in [2.24, 2.45) is 17.3 Å². The molecule has 1 aliphatic rings. The number of hydrogen-bond donors (Lipinski definition) is 2. The van der Waals surface area contributed by atoms with Crippen LogP contribution >= 0.6 is 0 Å². The van der Waals surface area contributed by atoms with E-state index in [0.717, 1.165) is 12.8 Å². The summed E-state index contributed by atoms with van der Waals surface area (Å²) in [7, 11) is 0. The highest BCUT2D eigenvalue weighted by atomic mass is 16.4. The van der Waals surface area contributed by atoms with Crippen LogP contribution in [0.25, 0.3) is 0 Å². The monoisotopic (exact) mass is 241 g/mol. The van der Waals surface area contributed by atoms with E-state index in [1.54, 1.807) is 0 Å². The van der Waals surface area contributed by atoms with E-state index in [9.17, 15) is 9.59 Å². The average Bonchev–Trinajstić information content (AvgIpc) is 2.81. The van der Waals surface area contributed by atoms with Crippen LogP contribution < -0.4 is 5.32 Å². The predicted octanol–water partition coefficient (Wildman–Crippen LogP) is 2.04. The second-order valence-electron chi connectivity index (χ2n) is 5.87. The van der Waals surface area contributed by atoms with Gasteiger partial charge in [0.1, 0.15) is 0 Å². The Bertz CT molecular complexity index is 332. The van der Waals surface area contributed by atoms with Gasteiger partial charge in [0.15, 0.2) is 0 Å². The number of amides is 1. The lowest BCUT2D eigenvalue weighted by atomic mass is 9.95. The summed E-state index contributed by atoms with van der Waals surface area (Å²) in [6.45, 7) is 9.72.